The minimum absolute atomic E-state index is 0.0114. The quantitative estimate of drug-likeness (QED) is 0.595. The molecule has 0 bridgehead atoms. The molecule has 34 heavy (non-hydrogen) atoms. The van der Waals surface area contributed by atoms with Crippen LogP contribution in [0.5, 0.6) is 0 Å². The van der Waals surface area contributed by atoms with E-state index in [9.17, 15) is 14.9 Å². The Morgan fingerprint density at radius 3 is 2.32 bits per heavy atom. The summed E-state index contributed by atoms with van der Waals surface area (Å²) in [6.07, 6.45) is 1.58. The zero-order valence-electron chi connectivity index (χ0n) is 19.3. The molecule has 3 N–H and O–H groups in total. The Morgan fingerprint density at radius 2 is 1.71 bits per heavy atom. The van der Waals surface area contributed by atoms with Crippen LogP contribution in [0.25, 0.3) is 22.3 Å². The second-order valence-corrected chi connectivity index (χ2v) is 8.68. The zero-order chi connectivity index (χ0) is 24.1. The highest BCUT2D eigenvalue weighted by Crippen LogP contribution is 2.34. The van der Waals surface area contributed by atoms with E-state index in [4.69, 9.17) is 5.73 Å². The summed E-state index contributed by atoms with van der Waals surface area (Å²) in [5, 5.41) is 12.0. The molecule has 1 aliphatic heterocycles. The first-order valence-corrected chi connectivity index (χ1v) is 11.5. The molecule has 3 aromatic carbocycles. The van der Waals surface area contributed by atoms with Crippen molar-refractivity contribution in [2.45, 2.75) is 25.8 Å². The largest absolute Gasteiger partial charge is 0.356 e. The summed E-state index contributed by atoms with van der Waals surface area (Å²) in [7, 11) is 0. The van der Waals surface area contributed by atoms with Crippen LogP contribution >= 0.6 is 0 Å². The molecule has 1 heterocycles. The van der Waals surface area contributed by atoms with Gasteiger partial charge >= 0.3 is 0 Å². The summed E-state index contributed by atoms with van der Waals surface area (Å²) in [6.45, 7) is 3.36. The van der Waals surface area contributed by atoms with E-state index in [0.717, 1.165) is 40.7 Å². The van der Waals surface area contributed by atoms with Crippen LogP contribution in [0.1, 0.15) is 34.8 Å². The molecule has 0 saturated carbocycles. The number of hydrogen-bond acceptors (Lipinski definition) is 4. The maximum atomic E-state index is 13.1. The number of carbonyl (C=O) groups is 2. The molecule has 0 spiro atoms. The minimum atomic E-state index is -0.0331. The van der Waals surface area contributed by atoms with Gasteiger partial charge in [0, 0.05) is 38.2 Å². The van der Waals surface area contributed by atoms with Crippen LogP contribution in [0, 0.1) is 11.3 Å². The van der Waals surface area contributed by atoms with Crippen molar-refractivity contribution >= 4 is 11.8 Å². The third-order valence-electron chi connectivity index (χ3n) is 6.16. The van der Waals surface area contributed by atoms with Crippen molar-refractivity contribution in [3.63, 3.8) is 0 Å². The number of likely N-dealkylation sites (tertiary alicyclic amines) is 1. The van der Waals surface area contributed by atoms with E-state index < -0.39 is 0 Å². The highest BCUT2D eigenvalue weighted by atomic mass is 16.2. The maximum absolute atomic E-state index is 13.1. The Balaban J connectivity index is 1.67. The van der Waals surface area contributed by atoms with Gasteiger partial charge in [0.25, 0.3) is 5.91 Å². The Kier molecular flexibility index (Phi) is 7.05. The number of nitrogens with zero attached hydrogens (tertiary/aromatic N) is 2. The molecule has 1 fully saturated rings. The summed E-state index contributed by atoms with van der Waals surface area (Å²) in [6, 6.07) is 23.6. The van der Waals surface area contributed by atoms with E-state index in [1.54, 1.807) is 12.1 Å². The van der Waals surface area contributed by atoms with Crippen LogP contribution < -0.4 is 11.1 Å². The minimum Gasteiger partial charge on any atom is -0.356 e. The molecular formula is C28H28N4O2. The summed E-state index contributed by atoms with van der Waals surface area (Å²) in [5.74, 6) is -0.0445. The second-order valence-electron chi connectivity index (χ2n) is 8.68. The normalized spacial score (nSPS) is 15.1. The van der Waals surface area contributed by atoms with E-state index in [1.807, 2.05) is 35.2 Å². The first kappa shape index (κ1) is 23.2. The van der Waals surface area contributed by atoms with Crippen LogP contribution in [0.4, 0.5) is 0 Å². The molecule has 3 aromatic rings. The monoisotopic (exact) mass is 452 g/mol. The van der Waals surface area contributed by atoms with Crippen LogP contribution in [0.15, 0.2) is 66.7 Å². The number of nitriles is 1. The van der Waals surface area contributed by atoms with Crippen LogP contribution in [-0.2, 0) is 11.2 Å². The second kappa shape index (κ2) is 10.3. The molecule has 1 atom stereocenters. The predicted molar refractivity (Wildman–Crippen MR) is 133 cm³/mol. The predicted octanol–water partition coefficient (Wildman–Crippen LogP) is 3.74. The molecule has 0 unspecified atom stereocenters. The van der Waals surface area contributed by atoms with E-state index in [2.05, 4.69) is 35.7 Å². The van der Waals surface area contributed by atoms with Gasteiger partial charge in [-0.15, -0.1) is 0 Å². The lowest BCUT2D eigenvalue weighted by molar-refractivity contribution is -0.118. The molecule has 0 aliphatic carbocycles. The molecule has 6 nitrogen and oxygen atoms in total. The number of hydrogen-bond donors (Lipinski definition) is 2. The number of nitrogens with two attached hydrogens (primary N) is 1. The van der Waals surface area contributed by atoms with Crippen molar-refractivity contribution < 1.29 is 9.59 Å². The molecule has 1 saturated heterocycles. The average Bonchev–Trinajstić information content (AvgIpc) is 3.30. The van der Waals surface area contributed by atoms with Crippen molar-refractivity contribution in [3.05, 3.63) is 83.4 Å². The van der Waals surface area contributed by atoms with Gasteiger partial charge in [-0.1, -0.05) is 42.5 Å². The molecule has 0 aromatic heterocycles. The first-order valence-electron chi connectivity index (χ1n) is 11.5. The molecule has 6 heteroatoms. The number of carbonyl (C=O) groups excluding carboxylic acids is 2. The highest BCUT2D eigenvalue weighted by molar-refractivity contribution is 5.98. The smallest absolute Gasteiger partial charge is 0.253 e. The van der Waals surface area contributed by atoms with Crippen molar-refractivity contribution in [1.82, 2.24) is 10.2 Å². The molecule has 1 aliphatic rings. The molecule has 0 radical (unpaired) electrons. The molecule has 4 rings (SSSR count). The van der Waals surface area contributed by atoms with Crippen LogP contribution in [-0.4, -0.2) is 42.4 Å². The topological polar surface area (TPSA) is 99.2 Å². The lowest BCUT2D eigenvalue weighted by Crippen LogP contribution is -2.31. The van der Waals surface area contributed by atoms with E-state index in [1.165, 1.54) is 6.92 Å². The van der Waals surface area contributed by atoms with E-state index >= 15 is 0 Å². The van der Waals surface area contributed by atoms with Gasteiger partial charge in [0.1, 0.15) is 0 Å². The Labute approximate surface area is 200 Å². The Hall–Kier alpha value is -3.95. The molecule has 2 amide bonds. The van der Waals surface area contributed by atoms with Crippen LogP contribution in [0.2, 0.25) is 0 Å². The molecule has 172 valence electrons. The Bertz CT molecular complexity index is 1230. The number of amides is 2. The lowest BCUT2D eigenvalue weighted by Gasteiger charge is -2.18. The average molecular weight is 453 g/mol. The third kappa shape index (κ3) is 5.33. The lowest BCUT2D eigenvalue weighted by atomic mass is 9.91. The van der Waals surface area contributed by atoms with Gasteiger partial charge in [-0.25, -0.2) is 0 Å². The fraction of sp³-hybridized carbons (Fsp3) is 0.250. The van der Waals surface area contributed by atoms with Crippen molar-refractivity contribution in [1.29, 1.82) is 5.26 Å². The number of benzene rings is 3. The van der Waals surface area contributed by atoms with Gasteiger partial charge in [-0.3, -0.25) is 9.59 Å². The summed E-state index contributed by atoms with van der Waals surface area (Å²) < 4.78 is 0. The number of rotatable bonds is 6. The number of nitrogens with one attached hydrogen (secondary N) is 1. The summed E-state index contributed by atoms with van der Waals surface area (Å²) >= 11 is 0. The first-order chi connectivity index (χ1) is 16.4. The third-order valence-corrected chi connectivity index (χ3v) is 6.16. The fourth-order valence-corrected chi connectivity index (χ4v) is 4.28. The standard InChI is InChI=1S/C28H28N4O2/c1-19(33)31-14-12-20-2-6-22(7-3-20)26-11-10-24(28(34)32-15-13-25(30)18-32)16-27(26)23-8-4-21(17-29)5-9-23/h2-11,16,25H,12-15,18,30H2,1H3,(H,31,33)/t25-/m0/s1. The zero-order valence-corrected chi connectivity index (χ0v) is 19.3. The van der Waals surface area contributed by atoms with Gasteiger partial charge in [-0.05, 0) is 64.9 Å². The van der Waals surface area contributed by atoms with Gasteiger partial charge in [-0.2, -0.15) is 5.26 Å². The van der Waals surface area contributed by atoms with Crippen molar-refractivity contribution in [2.24, 2.45) is 5.73 Å². The van der Waals surface area contributed by atoms with Gasteiger partial charge in [0.2, 0.25) is 5.91 Å². The van der Waals surface area contributed by atoms with Crippen molar-refractivity contribution in [3.8, 4) is 28.3 Å². The van der Waals surface area contributed by atoms with Gasteiger partial charge in [0.15, 0.2) is 0 Å². The highest BCUT2D eigenvalue weighted by Gasteiger charge is 2.25. The van der Waals surface area contributed by atoms with Crippen LogP contribution in [0.3, 0.4) is 0 Å². The van der Waals surface area contributed by atoms with E-state index in [0.29, 0.717) is 30.8 Å². The maximum Gasteiger partial charge on any atom is 0.253 e. The van der Waals surface area contributed by atoms with Gasteiger partial charge in [0.05, 0.1) is 11.6 Å². The fourth-order valence-electron chi connectivity index (χ4n) is 4.28. The molecular weight excluding hydrogens is 424 g/mol. The van der Waals surface area contributed by atoms with Gasteiger partial charge < -0.3 is 16.0 Å². The SMILES string of the molecule is CC(=O)NCCc1ccc(-c2ccc(C(=O)N3CC[C@H](N)C3)cc2-c2ccc(C#N)cc2)cc1. The Morgan fingerprint density at radius 1 is 1.03 bits per heavy atom. The summed E-state index contributed by atoms with van der Waals surface area (Å²) in [5.41, 5.74) is 12.3. The summed E-state index contributed by atoms with van der Waals surface area (Å²) in [4.78, 5) is 26.0. The van der Waals surface area contributed by atoms with E-state index in [-0.39, 0.29) is 17.9 Å². The van der Waals surface area contributed by atoms with Crippen molar-refractivity contribution in [2.75, 3.05) is 19.6 Å².